The second kappa shape index (κ2) is 4.92. The fourth-order valence-electron chi connectivity index (χ4n) is 1.95. The normalized spacial score (nSPS) is 20.9. The van der Waals surface area contributed by atoms with Crippen molar-refractivity contribution >= 4 is 21.7 Å². The van der Waals surface area contributed by atoms with Gasteiger partial charge >= 0.3 is 5.82 Å². The highest BCUT2D eigenvalue weighted by Gasteiger charge is 2.21. The summed E-state index contributed by atoms with van der Waals surface area (Å²) in [6.07, 6.45) is 3.99. The summed E-state index contributed by atoms with van der Waals surface area (Å²) in [5.41, 5.74) is 0. The van der Waals surface area contributed by atoms with Gasteiger partial charge < -0.3 is 15.4 Å². The maximum Gasteiger partial charge on any atom is 0.404 e. The lowest BCUT2D eigenvalue weighted by molar-refractivity contribution is -0.390. The molecule has 6 nitrogen and oxygen atoms in total. The smallest absolute Gasteiger partial charge is 0.358 e. The molecular formula is C9H13BrN4O2. The highest BCUT2D eigenvalue weighted by atomic mass is 79.9. The minimum Gasteiger partial charge on any atom is -0.358 e. The number of hydrogen-bond donors (Lipinski definition) is 1. The van der Waals surface area contributed by atoms with Crippen LogP contribution in [-0.4, -0.2) is 27.8 Å². The van der Waals surface area contributed by atoms with E-state index in [9.17, 15) is 10.1 Å². The summed E-state index contributed by atoms with van der Waals surface area (Å²) in [5.74, 6) is 0.406. The molecule has 2 rings (SSSR count). The number of nitrogens with zero attached hydrogens (tertiary/aromatic N) is 3. The first-order valence-electron chi connectivity index (χ1n) is 5.25. The summed E-state index contributed by atoms with van der Waals surface area (Å²) in [6.45, 7) is 2.77. The zero-order valence-electron chi connectivity index (χ0n) is 8.73. The maximum absolute atomic E-state index is 10.6. The second-order valence-corrected chi connectivity index (χ2v) is 4.85. The van der Waals surface area contributed by atoms with Crippen molar-refractivity contribution in [3.05, 3.63) is 20.8 Å². The van der Waals surface area contributed by atoms with Gasteiger partial charge in [-0.3, -0.25) is 0 Å². The van der Waals surface area contributed by atoms with E-state index in [4.69, 9.17) is 0 Å². The Morgan fingerprint density at radius 1 is 1.75 bits per heavy atom. The minimum absolute atomic E-state index is 0.108. The van der Waals surface area contributed by atoms with Crippen LogP contribution in [0.15, 0.2) is 10.7 Å². The van der Waals surface area contributed by atoms with Gasteiger partial charge in [-0.25, -0.2) is 0 Å². The Balaban J connectivity index is 2.03. The Bertz CT molecular complexity index is 387. The number of hydrogen-bond acceptors (Lipinski definition) is 4. The molecule has 1 aromatic rings. The molecule has 16 heavy (non-hydrogen) atoms. The van der Waals surface area contributed by atoms with E-state index < -0.39 is 4.92 Å². The largest absolute Gasteiger partial charge is 0.404 e. The number of aromatic nitrogens is 2. The topological polar surface area (TPSA) is 73.0 Å². The Morgan fingerprint density at radius 2 is 2.56 bits per heavy atom. The molecule has 1 saturated heterocycles. The van der Waals surface area contributed by atoms with E-state index >= 15 is 0 Å². The lowest BCUT2D eigenvalue weighted by Gasteiger charge is -2.21. The van der Waals surface area contributed by atoms with E-state index in [1.165, 1.54) is 0 Å². The predicted octanol–water partition coefficient (Wildman–Crippen LogP) is 1.55. The monoisotopic (exact) mass is 288 g/mol. The highest BCUT2D eigenvalue weighted by molar-refractivity contribution is 9.10. The number of piperidine rings is 1. The fraction of sp³-hybridized carbons (Fsp3) is 0.667. The molecule has 1 fully saturated rings. The minimum atomic E-state index is -0.473. The molecule has 0 aromatic carbocycles. The van der Waals surface area contributed by atoms with E-state index in [1.807, 2.05) is 0 Å². The summed E-state index contributed by atoms with van der Waals surface area (Å²) >= 11 is 3.14. The molecule has 0 amide bonds. The first kappa shape index (κ1) is 11.5. The molecule has 1 atom stereocenters. The van der Waals surface area contributed by atoms with Crippen LogP contribution in [0.25, 0.3) is 0 Å². The van der Waals surface area contributed by atoms with Crippen molar-refractivity contribution in [3.63, 3.8) is 0 Å². The molecule has 2 heterocycles. The van der Waals surface area contributed by atoms with Crippen LogP contribution in [0.1, 0.15) is 12.8 Å². The van der Waals surface area contributed by atoms with Crippen LogP contribution in [0, 0.1) is 16.0 Å². The zero-order chi connectivity index (χ0) is 11.5. The molecule has 7 heteroatoms. The molecule has 1 N–H and O–H groups in total. The first-order valence-corrected chi connectivity index (χ1v) is 6.04. The third kappa shape index (κ3) is 2.59. The molecule has 0 aliphatic carbocycles. The van der Waals surface area contributed by atoms with Crippen molar-refractivity contribution in [2.24, 2.45) is 5.92 Å². The van der Waals surface area contributed by atoms with Gasteiger partial charge in [0.25, 0.3) is 0 Å². The van der Waals surface area contributed by atoms with Gasteiger partial charge in [-0.1, -0.05) is 0 Å². The summed E-state index contributed by atoms with van der Waals surface area (Å²) in [7, 11) is 0. The van der Waals surface area contributed by atoms with Crippen LogP contribution in [0.4, 0.5) is 5.82 Å². The van der Waals surface area contributed by atoms with Crippen LogP contribution in [-0.2, 0) is 6.54 Å². The molecule has 88 valence electrons. The molecule has 1 aliphatic heterocycles. The maximum atomic E-state index is 10.6. The van der Waals surface area contributed by atoms with Crippen LogP contribution in [0.3, 0.4) is 0 Å². The average molecular weight is 289 g/mol. The summed E-state index contributed by atoms with van der Waals surface area (Å²) in [6, 6.07) is 0. The standard InChI is InChI=1S/C9H13BrN4O2/c10-8-6-13(12-9(8)14(15)16)5-7-2-1-3-11-4-7/h6-7,11H,1-5H2. The quantitative estimate of drug-likeness (QED) is 0.677. The van der Waals surface area contributed by atoms with E-state index in [0.717, 1.165) is 32.5 Å². The molecule has 0 spiro atoms. The molecular weight excluding hydrogens is 276 g/mol. The van der Waals surface area contributed by atoms with Gasteiger partial charge in [0.2, 0.25) is 0 Å². The zero-order valence-corrected chi connectivity index (χ0v) is 10.3. The van der Waals surface area contributed by atoms with Gasteiger partial charge in [-0.05, 0) is 52.7 Å². The predicted molar refractivity (Wildman–Crippen MR) is 62.2 cm³/mol. The van der Waals surface area contributed by atoms with Gasteiger partial charge in [0.15, 0.2) is 0 Å². The highest BCUT2D eigenvalue weighted by Crippen LogP contribution is 2.23. The summed E-state index contributed by atoms with van der Waals surface area (Å²) in [5, 5.41) is 17.9. The van der Waals surface area contributed by atoms with Gasteiger partial charge in [0, 0.05) is 0 Å². The van der Waals surface area contributed by atoms with Crippen molar-refractivity contribution in [3.8, 4) is 0 Å². The van der Waals surface area contributed by atoms with E-state index in [-0.39, 0.29) is 5.82 Å². The molecule has 1 aliphatic rings. The summed E-state index contributed by atoms with van der Waals surface area (Å²) in [4.78, 5) is 10.1. The Hall–Kier alpha value is -0.950. The third-order valence-electron chi connectivity index (χ3n) is 2.72. The number of halogens is 1. The third-order valence-corrected chi connectivity index (χ3v) is 3.28. The first-order chi connectivity index (χ1) is 7.66. The summed E-state index contributed by atoms with van der Waals surface area (Å²) < 4.78 is 2.10. The van der Waals surface area contributed by atoms with Crippen LogP contribution in [0.5, 0.6) is 0 Å². The van der Waals surface area contributed by atoms with Crippen molar-refractivity contribution in [2.75, 3.05) is 13.1 Å². The van der Waals surface area contributed by atoms with Crippen molar-refractivity contribution < 1.29 is 4.92 Å². The lowest BCUT2D eigenvalue weighted by Crippen LogP contribution is -2.32. The van der Waals surface area contributed by atoms with Gasteiger partial charge in [0.05, 0.1) is 17.8 Å². The number of nitro groups is 1. The number of rotatable bonds is 3. The molecule has 0 saturated carbocycles. The molecule has 1 unspecified atom stereocenters. The number of nitrogens with one attached hydrogen (secondary N) is 1. The van der Waals surface area contributed by atoms with E-state index in [2.05, 4.69) is 26.3 Å². The SMILES string of the molecule is O=[N+]([O-])c1nn(CC2CCCNC2)cc1Br. The van der Waals surface area contributed by atoms with Gasteiger partial charge in [-0.2, -0.15) is 4.68 Å². The van der Waals surface area contributed by atoms with Crippen LogP contribution < -0.4 is 5.32 Å². The molecule has 0 bridgehead atoms. The van der Waals surface area contributed by atoms with Crippen molar-refractivity contribution in [1.82, 2.24) is 15.1 Å². The fourth-order valence-corrected chi connectivity index (χ4v) is 2.41. The Kier molecular flexibility index (Phi) is 3.55. The van der Waals surface area contributed by atoms with Gasteiger partial charge in [-0.15, -0.1) is 0 Å². The van der Waals surface area contributed by atoms with E-state index in [1.54, 1.807) is 10.9 Å². The molecule has 0 radical (unpaired) electrons. The van der Waals surface area contributed by atoms with Crippen molar-refractivity contribution in [1.29, 1.82) is 0 Å². The van der Waals surface area contributed by atoms with Crippen LogP contribution >= 0.6 is 15.9 Å². The Labute approximate surface area is 101 Å². The average Bonchev–Trinajstić information content (AvgIpc) is 2.61. The van der Waals surface area contributed by atoms with Gasteiger partial charge in [0.1, 0.15) is 4.47 Å². The second-order valence-electron chi connectivity index (χ2n) is 3.99. The van der Waals surface area contributed by atoms with E-state index in [0.29, 0.717) is 10.4 Å². The van der Waals surface area contributed by atoms with Crippen LogP contribution in [0.2, 0.25) is 0 Å². The Morgan fingerprint density at radius 3 is 3.12 bits per heavy atom. The molecule has 1 aromatic heterocycles. The lowest BCUT2D eigenvalue weighted by atomic mass is 10.00. The van der Waals surface area contributed by atoms with Crippen molar-refractivity contribution in [2.45, 2.75) is 19.4 Å².